The molecule has 4 aromatic rings. The first-order valence-corrected chi connectivity index (χ1v) is 11.4. The number of furan rings is 1. The third-order valence-corrected chi connectivity index (χ3v) is 6.18. The number of aryl methyl sites for hydroxylation is 1. The number of hydrogen-bond acceptors (Lipinski definition) is 6. The standard InChI is InChI=1S/C27H26N2O5/c1-17-22-12-7-19-5-3-4-6-23(19)25(22)34-24(17)27(31)33-18(2)26(30)28-20-8-10-21(11-9-20)29-13-15-32-16-14-29/h3-12,18H,13-16H2,1-2H3,(H,28,30)/t18-/m1/s1. The average Bonchev–Trinajstić information content (AvgIpc) is 3.22. The van der Waals surface area contributed by atoms with Gasteiger partial charge in [0.15, 0.2) is 6.10 Å². The molecule has 0 aliphatic carbocycles. The summed E-state index contributed by atoms with van der Waals surface area (Å²) >= 11 is 0. The van der Waals surface area contributed by atoms with Crippen LogP contribution in [0.1, 0.15) is 23.0 Å². The van der Waals surface area contributed by atoms with Crippen LogP contribution in [0.15, 0.2) is 65.1 Å². The minimum atomic E-state index is -0.990. The molecule has 34 heavy (non-hydrogen) atoms. The molecule has 0 saturated carbocycles. The van der Waals surface area contributed by atoms with Gasteiger partial charge >= 0.3 is 5.97 Å². The molecule has 1 atom stereocenters. The monoisotopic (exact) mass is 458 g/mol. The van der Waals surface area contributed by atoms with Gasteiger partial charge in [0, 0.05) is 40.8 Å². The van der Waals surface area contributed by atoms with Gasteiger partial charge in [-0.15, -0.1) is 0 Å². The first kappa shape index (κ1) is 22.0. The number of morpholine rings is 1. The predicted molar refractivity (Wildman–Crippen MR) is 131 cm³/mol. The van der Waals surface area contributed by atoms with Crippen LogP contribution in [0.2, 0.25) is 0 Å². The van der Waals surface area contributed by atoms with Gasteiger partial charge in [-0.1, -0.05) is 36.4 Å². The van der Waals surface area contributed by atoms with E-state index in [4.69, 9.17) is 13.9 Å². The molecule has 1 N–H and O–H groups in total. The molecule has 3 aromatic carbocycles. The van der Waals surface area contributed by atoms with E-state index in [0.717, 1.165) is 34.9 Å². The fraction of sp³-hybridized carbons (Fsp3) is 0.259. The molecule has 1 aromatic heterocycles. The highest BCUT2D eigenvalue weighted by atomic mass is 16.6. The zero-order valence-electron chi connectivity index (χ0n) is 19.2. The van der Waals surface area contributed by atoms with E-state index in [1.165, 1.54) is 0 Å². The molecule has 7 nitrogen and oxygen atoms in total. The van der Waals surface area contributed by atoms with Crippen molar-refractivity contribution < 1.29 is 23.5 Å². The van der Waals surface area contributed by atoms with Crippen LogP contribution in [-0.4, -0.2) is 44.3 Å². The highest BCUT2D eigenvalue weighted by Gasteiger charge is 2.25. The van der Waals surface area contributed by atoms with E-state index >= 15 is 0 Å². The Morgan fingerprint density at radius 2 is 1.71 bits per heavy atom. The summed E-state index contributed by atoms with van der Waals surface area (Å²) in [6.07, 6.45) is -0.990. The summed E-state index contributed by atoms with van der Waals surface area (Å²) in [5.41, 5.74) is 3.04. The van der Waals surface area contributed by atoms with Gasteiger partial charge in [-0.25, -0.2) is 4.79 Å². The van der Waals surface area contributed by atoms with Gasteiger partial charge in [-0.05, 0) is 43.5 Å². The van der Waals surface area contributed by atoms with Crippen LogP contribution >= 0.6 is 0 Å². The first-order valence-electron chi connectivity index (χ1n) is 11.4. The zero-order valence-corrected chi connectivity index (χ0v) is 19.2. The molecule has 0 bridgehead atoms. The van der Waals surface area contributed by atoms with Gasteiger partial charge in [-0.3, -0.25) is 4.79 Å². The van der Waals surface area contributed by atoms with Crippen molar-refractivity contribution in [1.82, 2.24) is 0 Å². The number of carbonyl (C=O) groups is 2. The number of nitrogens with one attached hydrogen (secondary N) is 1. The second kappa shape index (κ2) is 9.19. The second-order valence-electron chi connectivity index (χ2n) is 8.40. The molecule has 1 aliphatic heterocycles. The van der Waals surface area contributed by atoms with E-state index in [1.54, 1.807) is 6.92 Å². The lowest BCUT2D eigenvalue weighted by Gasteiger charge is -2.28. The molecule has 1 aliphatic rings. The second-order valence-corrected chi connectivity index (χ2v) is 8.40. The third kappa shape index (κ3) is 4.22. The Labute approximate surface area is 197 Å². The topological polar surface area (TPSA) is 81.0 Å². The number of anilines is 2. The van der Waals surface area contributed by atoms with Crippen molar-refractivity contribution in [3.63, 3.8) is 0 Å². The Bertz CT molecular complexity index is 1350. The van der Waals surface area contributed by atoms with Crippen LogP contribution in [0.4, 0.5) is 11.4 Å². The van der Waals surface area contributed by atoms with Gasteiger partial charge in [0.25, 0.3) is 5.91 Å². The fourth-order valence-electron chi connectivity index (χ4n) is 4.23. The Morgan fingerprint density at radius 1 is 0.971 bits per heavy atom. The fourth-order valence-corrected chi connectivity index (χ4v) is 4.23. The van der Waals surface area contributed by atoms with Gasteiger partial charge in [0.2, 0.25) is 5.76 Å². The van der Waals surface area contributed by atoms with Gasteiger partial charge in [-0.2, -0.15) is 0 Å². The minimum absolute atomic E-state index is 0.112. The summed E-state index contributed by atoms with van der Waals surface area (Å²) in [6, 6.07) is 19.4. The van der Waals surface area contributed by atoms with Crippen LogP contribution in [-0.2, 0) is 14.3 Å². The smallest absolute Gasteiger partial charge is 0.375 e. The Balaban J connectivity index is 1.26. The maximum absolute atomic E-state index is 12.8. The molecule has 174 valence electrons. The van der Waals surface area contributed by atoms with Crippen molar-refractivity contribution in [1.29, 1.82) is 0 Å². The molecular weight excluding hydrogens is 432 g/mol. The Kier molecular flexibility index (Phi) is 5.94. The number of fused-ring (bicyclic) bond motifs is 3. The third-order valence-electron chi connectivity index (χ3n) is 6.18. The molecule has 0 radical (unpaired) electrons. The maximum Gasteiger partial charge on any atom is 0.375 e. The Morgan fingerprint density at radius 3 is 2.47 bits per heavy atom. The minimum Gasteiger partial charge on any atom is -0.448 e. The number of carbonyl (C=O) groups excluding carboxylic acids is 2. The van der Waals surface area contributed by atoms with E-state index in [-0.39, 0.29) is 5.76 Å². The van der Waals surface area contributed by atoms with E-state index in [0.29, 0.717) is 30.0 Å². The quantitative estimate of drug-likeness (QED) is 0.428. The van der Waals surface area contributed by atoms with Gasteiger partial charge in [0.05, 0.1) is 13.2 Å². The number of nitrogens with zero attached hydrogens (tertiary/aromatic N) is 1. The molecule has 5 rings (SSSR count). The summed E-state index contributed by atoms with van der Waals surface area (Å²) in [4.78, 5) is 27.7. The van der Waals surface area contributed by atoms with E-state index in [9.17, 15) is 9.59 Å². The SMILES string of the molecule is Cc1c(C(=O)O[C@H](C)C(=O)Nc2ccc(N3CCOCC3)cc2)oc2c1ccc1ccccc12. The van der Waals surface area contributed by atoms with Crippen molar-refractivity contribution in [3.8, 4) is 0 Å². The van der Waals surface area contributed by atoms with Crippen LogP contribution < -0.4 is 10.2 Å². The molecular formula is C27H26N2O5. The zero-order chi connectivity index (χ0) is 23.7. The average molecular weight is 459 g/mol. The Hall–Kier alpha value is -3.84. The van der Waals surface area contributed by atoms with E-state index in [2.05, 4.69) is 10.2 Å². The van der Waals surface area contributed by atoms with Crippen molar-refractivity contribution >= 4 is 45.0 Å². The van der Waals surface area contributed by atoms with Crippen LogP contribution in [0.3, 0.4) is 0 Å². The number of rotatable bonds is 5. The molecule has 2 heterocycles. The van der Waals surface area contributed by atoms with Crippen molar-refractivity contribution in [2.24, 2.45) is 0 Å². The number of benzene rings is 3. The van der Waals surface area contributed by atoms with Crippen molar-refractivity contribution in [3.05, 3.63) is 72.0 Å². The summed E-state index contributed by atoms with van der Waals surface area (Å²) < 4.78 is 16.8. The van der Waals surface area contributed by atoms with Gasteiger partial charge < -0.3 is 24.1 Å². The lowest BCUT2D eigenvalue weighted by Crippen LogP contribution is -2.36. The lowest BCUT2D eigenvalue weighted by atomic mass is 10.1. The lowest BCUT2D eigenvalue weighted by molar-refractivity contribution is -0.123. The van der Waals surface area contributed by atoms with Crippen LogP contribution in [0, 0.1) is 6.92 Å². The molecule has 1 fully saturated rings. The highest BCUT2D eigenvalue weighted by molar-refractivity contribution is 6.08. The molecule has 0 spiro atoms. The highest BCUT2D eigenvalue weighted by Crippen LogP contribution is 2.32. The number of esters is 1. The molecule has 0 unspecified atom stereocenters. The number of ether oxygens (including phenoxy) is 2. The largest absolute Gasteiger partial charge is 0.448 e. The normalized spacial score (nSPS) is 14.8. The molecule has 1 saturated heterocycles. The van der Waals surface area contributed by atoms with Crippen LogP contribution in [0.5, 0.6) is 0 Å². The summed E-state index contributed by atoms with van der Waals surface area (Å²) in [7, 11) is 0. The number of amides is 1. The molecule has 7 heteroatoms. The van der Waals surface area contributed by atoms with Crippen molar-refractivity contribution in [2.45, 2.75) is 20.0 Å². The molecule has 1 amide bonds. The summed E-state index contributed by atoms with van der Waals surface area (Å²) in [5.74, 6) is -0.962. The van der Waals surface area contributed by atoms with Crippen LogP contribution in [0.25, 0.3) is 21.7 Å². The van der Waals surface area contributed by atoms with Gasteiger partial charge in [0.1, 0.15) is 5.58 Å². The number of hydrogen-bond donors (Lipinski definition) is 1. The first-order chi connectivity index (χ1) is 16.5. The van der Waals surface area contributed by atoms with E-state index in [1.807, 2.05) is 67.6 Å². The van der Waals surface area contributed by atoms with E-state index < -0.39 is 18.0 Å². The summed E-state index contributed by atoms with van der Waals surface area (Å²) in [6.45, 7) is 6.47. The van der Waals surface area contributed by atoms with Crippen molar-refractivity contribution in [2.75, 3.05) is 36.5 Å². The maximum atomic E-state index is 12.8. The summed E-state index contributed by atoms with van der Waals surface area (Å²) in [5, 5.41) is 5.60. The predicted octanol–water partition coefficient (Wildman–Crippen LogP) is 4.92.